The summed E-state index contributed by atoms with van der Waals surface area (Å²) in [7, 11) is 0. The van der Waals surface area contributed by atoms with Crippen LogP contribution in [0.4, 0.5) is 4.79 Å². The molecule has 0 aliphatic heterocycles. The van der Waals surface area contributed by atoms with Gasteiger partial charge in [0.1, 0.15) is 12.7 Å². The zero-order chi connectivity index (χ0) is 13.6. The first-order valence-corrected chi connectivity index (χ1v) is 6.51. The zero-order valence-electron chi connectivity index (χ0n) is 10.8. The van der Waals surface area contributed by atoms with Gasteiger partial charge in [-0.1, -0.05) is 25.7 Å². The van der Waals surface area contributed by atoms with Crippen LogP contribution in [-0.4, -0.2) is 53.9 Å². The molecule has 0 aromatic rings. The van der Waals surface area contributed by atoms with Crippen molar-refractivity contribution in [3.05, 3.63) is 0 Å². The molecule has 1 atom stereocenters. The van der Waals surface area contributed by atoms with Crippen LogP contribution in [0.3, 0.4) is 0 Å². The number of alkyl carbamates (subject to hydrolysis) is 1. The summed E-state index contributed by atoms with van der Waals surface area (Å²) in [5.41, 5.74) is 0. The molecular formula is C12H25NO5. The third-order valence-electron chi connectivity index (χ3n) is 2.47. The van der Waals surface area contributed by atoms with Gasteiger partial charge in [0, 0.05) is 13.2 Å². The molecule has 0 spiro atoms. The summed E-state index contributed by atoms with van der Waals surface area (Å²) in [5.74, 6) is 0. The molecule has 1 amide bonds. The molecule has 0 aromatic heterocycles. The second-order valence-corrected chi connectivity index (χ2v) is 4.21. The largest absolute Gasteiger partial charge is 0.447 e. The third kappa shape index (κ3) is 11.6. The lowest BCUT2D eigenvalue weighted by Gasteiger charge is -2.09. The van der Waals surface area contributed by atoms with Crippen molar-refractivity contribution in [3.63, 3.8) is 0 Å². The summed E-state index contributed by atoms with van der Waals surface area (Å²) in [6.07, 6.45) is 4.45. The Hall–Kier alpha value is -0.850. The number of rotatable bonds is 11. The van der Waals surface area contributed by atoms with Crippen LogP contribution in [0.2, 0.25) is 0 Å². The Morgan fingerprint density at radius 3 is 2.28 bits per heavy atom. The van der Waals surface area contributed by atoms with Crippen molar-refractivity contribution in [1.29, 1.82) is 0 Å². The number of hydrogen-bond acceptors (Lipinski definition) is 5. The van der Waals surface area contributed by atoms with E-state index in [1.54, 1.807) is 0 Å². The SMILES string of the molecule is O=C(NCCCCCCCCO)OCC(O)CO. The number of nitrogens with one attached hydrogen (secondary N) is 1. The standard InChI is InChI=1S/C12H25NO5/c14-8-6-4-2-1-3-5-7-13-12(17)18-10-11(16)9-15/h11,14-16H,1-10H2,(H,13,17). The molecule has 4 N–H and O–H groups in total. The predicted octanol–water partition coefficient (Wildman–Crippen LogP) is 0.399. The van der Waals surface area contributed by atoms with Crippen LogP contribution < -0.4 is 5.32 Å². The van der Waals surface area contributed by atoms with Crippen LogP contribution in [0.25, 0.3) is 0 Å². The number of aliphatic hydroxyl groups is 3. The van der Waals surface area contributed by atoms with Crippen molar-refractivity contribution in [2.24, 2.45) is 0 Å². The normalized spacial score (nSPS) is 12.2. The second kappa shape index (κ2) is 12.6. The molecule has 0 saturated heterocycles. The fourth-order valence-electron chi connectivity index (χ4n) is 1.41. The fraction of sp³-hybridized carbons (Fsp3) is 0.917. The Morgan fingerprint density at radius 1 is 1.06 bits per heavy atom. The van der Waals surface area contributed by atoms with Gasteiger partial charge >= 0.3 is 6.09 Å². The quantitative estimate of drug-likeness (QED) is 0.404. The number of carbonyl (C=O) groups excluding carboxylic acids is 1. The Kier molecular flexibility index (Phi) is 12.0. The van der Waals surface area contributed by atoms with Crippen LogP contribution in [0.1, 0.15) is 38.5 Å². The predicted molar refractivity (Wildman–Crippen MR) is 67.2 cm³/mol. The van der Waals surface area contributed by atoms with E-state index in [9.17, 15) is 4.79 Å². The molecule has 0 aliphatic carbocycles. The molecule has 6 heteroatoms. The van der Waals surface area contributed by atoms with Crippen molar-refractivity contribution in [2.45, 2.75) is 44.6 Å². The number of carbonyl (C=O) groups is 1. The van der Waals surface area contributed by atoms with E-state index >= 15 is 0 Å². The summed E-state index contributed by atoms with van der Waals surface area (Å²) in [5, 5.41) is 28.6. The molecular weight excluding hydrogens is 238 g/mol. The average molecular weight is 263 g/mol. The lowest BCUT2D eigenvalue weighted by Crippen LogP contribution is -2.29. The molecule has 6 nitrogen and oxygen atoms in total. The molecule has 0 radical (unpaired) electrons. The van der Waals surface area contributed by atoms with E-state index in [1.807, 2.05) is 0 Å². The van der Waals surface area contributed by atoms with Crippen molar-refractivity contribution in [3.8, 4) is 0 Å². The van der Waals surface area contributed by atoms with Crippen LogP contribution in [0.5, 0.6) is 0 Å². The highest BCUT2D eigenvalue weighted by Crippen LogP contribution is 2.04. The monoisotopic (exact) mass is 263 g/mol. The molecule has 18 heavy (non-hydrogen) atoms. The Bertz CT molecular complexity index is 201. The van der Waals surface area contributed by atoms with E-state index in [-0.39, 0.29) is 13.2 Å². The summed E-state index contributed by atoms with van der Waals surface area (Å²) in [6.45, 7) is 0.200. The number of amides is 1. The van der Waals surface area contributed by atoms with Gasteiger partial charge in [-0.05, 0) is 12.8 Å². The van der Waals surface area contributed by atoms with Gasteiger partial charge in [0.05, 0.1) is 6.61 Å². The minimum atomic E-state index is -1.01. The molecule has 0 heterocycles. The molecule has 0 saturated carbocycles. The van der Waals surface area contributed by atoms with Crippen molar-refractivity contribution >= 4 is 6.09 Å². The van der Waals surface area contributed by atoms with Gasteiger partial charge in [-0.25, -0.2) is 4.79 Å². The molecule has 0 aliphatic rings. The fourth-order valence-corrected chi connectivity index (χ4v) is 1.41. The maximum Gasteiger partial charge on any atom is 0.407 e. The molecule has 0 rings (SSSR count). The van der Waals surface area contributed by atoms with E-state index in [1.165, 1.54) is 0 Å². The Morgan fingerprint density at radius 2 is 1.67 bits per heavy atom. The van der Waals surface area contributed by atoms with E-state index in [0.29, 0.717) is 6.54 Å². The topological polar surface area (TPSA) is 99.0 Å². The summed E-state index contributed by atoms with van der Waals surface area (Å²) in [4.78, 5) is 11.1. The van der Waals surface area contributed by atoms with Gasteiger partial charge in [0.15, 0.2) is 0 Å². The first kappa shape index (κ1) is 17.2. The Labute approximate surface area is 108 Å². The van der Waals surface area contributed by atoms with Gasteiger partial charge in [0.2, 0.25) is 0 Å². The minimum Gasteiger partial charge on any atom is -0.447 e. The summed E-state index contributed by atoms with van der Waals surface area (Å²) < 4.78 is 4.67. The van der Waals surface area contributed by atoms with E-state index in [4.69, 9.17) is 15.3 Å². The van der Waals surface area contributed by atoms with Crippen molar-refractivity contribution < 1.29 is 24.9 Å². The lowest BCUT2D eigenvalue weighted by atomic mass is 10.1. The summed E-state index contributed by atoms with van der Waals surface area (Å²) >= 11 is 0. The van der Waals surface area contributed by atoms with Gasteiger partial charge in [0.25, 0.3) is 0 Å². The van der Waals surface area contributed by atoms with Gasteiger partial charge in [-0.15, -0.1) is 0 Å². The molecule has 1 unspecified atom stereocenters. The lowest BCUT2D eigenvalue weighted by molar-refractivity contribution is 0.0322. The maximum atomic E-state index is 11.1. The molecule has 0 aromatic carbocycles. The molecule has 0 fully saturated rings. The smallest absolute Gasteiger partial charge is 0.407 e. The van der Waals surface area contributed by atoms with Crippen molar-refractivity contribution in [2.75, 3.05) is 26.4 Å². The molecule has 108 valence electrons. The van der Waals surface area contributed by atoms with Gasteiger partial charge < -0.3 is 25.4 Å². The van der Waals surface area contributed by atoms with E-state index < -0.39 is 18.8 Å². The van der Waals surface area contributed by atoms with Crippen LogP contribution in [0.15, 0.2) is 0 Å². The highest BCUT2D eigenvalue weighted by atomic mass is 16.6. The first-order valence-electron chi connectivity index (χ1n) is 6.51. The first-order chi connectivity index (χ1) is 8.70. The van der Waals surface area contributed by atoms with Crippen LogP contribution >= 0.6 is 0 Å². The summed E-state index contributed by atoms with van der Waals surface area (Å²) in [6, 6.07) is 0. The number of unbranched alkanes of at least 4 members (excludes halogenated alkanes) is 5. The molecule has 0 bridgehead atoms. The highest BCUT2D eigenvalue weighted by molar-refractivity contribution is 5.67. The van der Waals surface area contributed by atoms with Crippen LogP contribution in [-0.2, 0) is 4.74 Å². The van der Waals surface area contributed by atoms with E-state index in [0.717, 1.165) is 38.5 Å². The maximum absolute atomic E-state index is 11.1. The minimum absolute atomic E-state index is 0.191. The van der Waals surface area contributed by atoms with Gasteiger partial charge in [-0.3, -0.25) is 0 Å². The van der Waals surface area contributed by atoms with Gasteiger partial charge in [-0.2, -0.15) is 0 Å². The van der Waals surface area contributed by atoms with Crippen LogP contribution in [0, 0.1) is 0 Å². The number of aliphatic hydroxyl groups excluding tert-OH is 3. The number of ether oxygens (including phenoxy) is 1. The Balaban J connectivity index is 3.20. The highest BCUT2D eigenvalue weighted by Gasteiger charge is 2.06. The third-order valence-corrected chi connectivity index (χ3v) is 2.47. The zero-order valence-corrected chi connectivity index (χ0v) is 10.8. The second-order valence-electron chi connectivity index (χ2n) is 4.21. The van der Waals surface area contributed by atoms with Crippen molar-refractivity contribution in [1.82, 2.24) is 5.32 Å². The number of hydrogen-bond donors (Lipinski definition) is 4. The average Bonchev–Trinajstić information content (AvgIpc) is 2.39. The van der Waals surface area contributed by atoms with E-state index in [2.05, 4.69) is 10.1 Å².